The molecule has 0 aliphatic carbocycles. The predicted molar refractivity (Wildman–Crippen MR) is 168 cm³/mol. The lowest BCUT2D eigenvalue weighted by Gasteiger charge is -2.13. The fourth-order valence-electron chi connectivity index (χ4n) is 3.76. The molecule has 0 unspecified atom stereocenters. The average molecular weight is 679 g/mol. The van der Waals surface area contributed by atoms with Crippen LogP contribution in [-0.4, -0.2) is 61.5 Å². The van der Waals surface area contributed by atoms with Crippen molar-refractivity contribution in [3.05, 3.63) is 108 Å². The van der Waals surface area contributed by atoms with Crippen LogP contribution in [0.25, 0.3) is 0 Å². The van der Waals surface area contributed by atoms with E-state index in [4.69, 9.17) is 9.47 Å². The van der Waals surface area contributed by atoms with Crippen molar-refractivity contribution in [2.45, 2.75) is 50.3 Å². The first-order valence-corrected chi connectivity index (χ1v) is 17.1. The van der Waals surface area contributed by atoms with E-state index in [1.807, 2.05) is 0 Å². The zero-order valence-electron chi connectivity index (χ0n) is 25.7. The molecule has 2 heterocycles. The number of aromatic nitrogens is 4. The maximum Gasteiger partial charge on any atom is 0.214 e. The number of ether oxygens (including phenoxy) is 2. The van der Waals surface area contributed by atoms with Crippen LogP contribution in [0, 0.1) is 11.6 Å². The molecule has 2 N–H and O–H groups in total. The Bertz CT molecular complexity index is 1600. The van der Waals surface area contributed by atoms with E-state index < -0.39 is 42.2 Å². The molecule has 0 aliphatic heterocycles. The van der Waals surface area contributed by atoms with Crippen LogP contribution in [0.15, 0.2) is 73.3 Å². The molecule has 0 spiro atoms. The fraction of sp³-hybridized carbons (Fsp3) is 0.333. The molecule has 2 aromatic carbocycles. The van der Waals surface area contributed by atoms with Gasteiger partial charge in [-0.05, 0) is 49.2 Å². The average Bonchev–Trinajstić information content (AvgIpc) is 3.05. The Kier molecular flexibility index (Phi) is 13.4. The van der Waals surface area contributed by atoms with Crippen LogP contribution >= 0.6 is 0 Å². The zero-order valence-corrected chi connectivity index (χ0v) is 27.4. The Labute approximate surface area is 267 Å². The predicted octanol–water partition coefficient (Wildman–Crippen LogP) is 3.35. The van der Waals surface area contributed by atoms with Crippen molar-refractivity contribution in [2.75, 3.05) is 14.2 Å². The van der Waals surface area contributed by atoms with Gasteiger partial charge in [-0.2, -0.15) is 0 Å². The molecule has 0 aliphatic rings. The molecule has 2 atom stereocenters. The monoisotopic (exact) mass is 678 g/mol. The summed E-state index contributed by atoms with van der Waals surface area (Å²) in [6.07, 6.45) is 4.30. The van der Waals surface area contributed by atoms with Crippen LogP contribution in [0.2, 0.25) is 0 Å². The third-order valence-corrected chi connectivity index (χ3v) is 10.2. The Balaban J connectivity index is 0.000000250. The molecular weight excluding hydrogens is 642 g/mol. The van der Waals surface area contributed by atoms with Gasteiger partial charge in [0.1, 0.15) is 23.1 Å². The molecule has 16 heteroatoms. The largest absolute Gasteiger partial charge is 0.497 e. The van der Waals surface area contributed by atoms with Crippen LogP contribution < -0.4 is 18.9 Å². The number of methoxy groups -OCH3 is 2. The number of halogens is 2. The van der Waals surface area contributed by atoms with Crippen molar-refractivity contribution in [1.82, 2.24) is 29.4 Å². The van der Waals surface area contributed by atoms with Gasteiger partial charge >= 0.3 is 0 Å². The first-order valence-electron chi connectivity index (χ1n) is 14.0. The topological polar surface area (TPSA) is 162 Å². The Hall–Kier alpha value is -4.12. The fourth-order valence-corrected chi connectivity index (χ4v) is 5.80. The smallest absolute Gasteiger partial charge is 0.214 e. The molecule has 0 amide bonds. The lowest BCUT2D eigenvalue weighted by atomic mass is 10.2. The van der Waals surface area contributed by atoms with Crippen LogP contribution in [0.5, 0.6) is 11.5 Å². The quantitative estimate of drug-likeness (QED) is 0.202. The normalized spacial score (nSPS) is 12.8. The van der Waals surface area contributed by atoms with E-state index in [1.54, 1.807) is 76.6 Å². The van der Waals surface area contributed by atoms with Gasteiger partial charge in [-0.1, -0.05) is 24.3 Å². The van der Waals surface area contributed by atoms with Gasteiger partial charge in [0.15, 0.2) is 11.6 Å². The summed E-state index contributed by atoms with van der Waals surface area (Å²) >= 11 is 0. The summed E-state index contributed by atoms with van der Waals surface area (Å²) < 4.78 is 89.6. The highest BCUT2D eigenvalue weighted by Crippen LogP contribution is 2.14. The number of hydrogen-bond donors (Lipinski definition) is 2. The molecule has 248 valence electrons. The molecule has 2 aromatic heterocycles. The number of benzene rings is 2. The van der Waals surface area contributed by atoms with E-state index in [9.17, 15) is 25.6 Å². The summed E-state index contributed by atoms with van der Waals surface area (Å²) in [6.45, 7) is 3.48. The van der Waals surface area contributed by atoms with E-state index in [2.05, 4.69) is 29.4 Å². The highest BCUT2D eigenvalue weighted by atomic mass is 32.2. The maximum absolute atomic E-state index is 12.8. The van der Waals surface area contributed by atoms with Gasteiger partial charge in [0.05, 0.1) is 49.5 Å². The van der Waals surface area contributed by atoms with Gasteiger partial charge < -0.3 is 9.47 Å². The summed E-state index contributed by atoms with van der Waals surface area (Å²) in [4.78, 5) is 15.1. The standard InChI is InChI=1S/2C15H18FN3O3S/c2*1-11(7-15-17-9-13(16)10-18-15)23(20,21)19-8-12-3-5-14(22-2)6-4-12/h2*3-6,9-11,19H,7-8H2,1-2H3/t2*11-/m10/s1. The van der Waals surface area contributed by atoms with Gasteiger partial charge in [-0.15, -0.1) is 0 Å². The summed E-state index contributed by atoms with van der Waals surface area (Å²) in [5.41, 5.74) is 1.64. The summed E-state index contributed by atoms with van der Waals surface area (Å²) in [5.74, 6) is 0.878. The van der Waals surface area contributed by atoms with Gasteiger partial charge in [0.25, 0.3) is 0 Å². The Morgan fingerprint density at radius 2 is 0.913 bits per heavy atom. The Morgan fingerprint density at radius 3 is 1.20 bits per heavy atom. The third kappa shape index (κ3) is 11.7. The molecule has 0 fully saturated rings. The second-order valence-electron chi connectivity index (χ2n) is 10.1. The molecule has 0 saturated heterocycles. The van der Waals surface area contributed by atoms with E-state index in [0.717, 1.165) is 35.9 Å². The molecule has 4 rings (SSSR count). The first kappa shape index (κ1) is 36.3. The first-order chi connectivity index (χ1) is 21.8. The lowest BCUT2D eigenvalue weighted by Crippen LogP contribution is -2.33. The molecular formula is C30H36F2N6O6S2. The van der Waals surface area contributed by atoms with Crippen LogP contribution in [0.1, 0.15) is 36.6 Å². The van der Waals surface area contributed by atoms with Gasteiger partial charge in [-0.3, -0.25) is 0 Å². The number of hydrogen-bond acceptors (Lipinski definition) is 10. The van der Waals surface area contributed by atoms with Crippen molar-refractivity contribution in [3.8, 4) is 11.5 Å². The van der Waals surface area contributed by atoms with Gasteiger partial charge in [0.2, 0.25) is 20.0 Å². The third-order valence-electron chi connectivity index (χ3n) is 6.62. The molecule has 12 nitrogen and oxygen atoms in total. The summed E-state index contributed by atoms with van der Waals surface area (Å²) in [7, 11) is -3.94. The minimum Gasteiger partial charge on any atom is -0.497 e. The lowest BCUT2D eigenvalue weighted by molar-refractivity contribution is 0.414. The zero-order chi connectivity index (χ0) is 33.7. The summed E-state index contributed by atoms with van der Waals surface area (Å²) in [5, 5.41) is -1.46. The number of rotatable bonds is 14. The number of sulfonamides is 2. The number of nitrogens with zero attached hydrogens (tertiary/aromatic N) is 4. The van der Waals surface area contributed by atoms with E-state index in [1.165, 1.54) is 0 Å². The molecule has 46 heavy (non-hydrogen) atoms. The molecule has 0 bridgehead atoms. The Morgan fingerprint density at radius 1 is 0.609 bits per heavy atom. The molecule has 4 aromatic rings. The second-order valence-corrected chi connectivity index (χ2v) is 14.5. The highest BCUT2D eigenvalue weighted by Gasteiger charge is 2.23. The number of nitrogens with one attached hydrogen (secondary N) is 2. The van der Waals surface area contributed by atoms with Crippen molar-refractivity contribution < 1.29 is 35.1 Å². The van der Waals surface area contributed by atoms with E-state index >= 15 is 0 Å². The molecule has 0 saturated carbocycles. The molecule has 0 radical (unpaired) electrons. The van der Waals surface area contributed by atoms with Crippen molar-refractivity contribution in [3.63, 3.8) is 0 Å². The minimum absolute atomic E-state index is 0.109. The van der Waals surface area contributed by atoms with Gasteiger partial charge in [-0.25, -0.2) is 55.0 Å². The summed E-state index contributed by atoms with van der Waals surface area (Å²) in [6, 6.07) is 14.2. The van der Waals surface area contributed by atoms with Crippen molar-refractivity contribution in [1.29, 1.82) is 0 Å². The van der Waals surface area contributed by atoms with Crippen LogP contribution in [-0.2, 0) is 46.0 Å². The van der Waals surface area contributed by atoms with Gasteiger partial charge in [0, 0.05) is 25.9 Å². The van der Waals surface area contributed by atoms with E-state index in [0.29, 0.717) is 11.5 Å². The van der Waals surface area contributed by atoms with Crippen LogP contribution in [0.4, 0.5) is 8.78 Å². The SMILES string of the molecule is COc1ccc(CNS(=O)(=O)[C@@H](C)Cc2ncc(F)cn2)cc1.COc1ccc(CNS(=O)(=O)[C@H](C)Cc2ncc(F)cn2)cc1. The van der Waals surface area contributed by atoms with E-state index in [-0.39, 0.29) is 37.6 Å². The van der Waals surface area contributed by atoms with Crippen LogP contribution in [0.3, 0.4) is 0 Å². The van der Waals surface area contributed by atoms with Crippen molar-refractivity contribution in [2.24, 2.45) is 0 Å². The maximum atomic E-state index is 12.8. The second kappa shape index (κ2) is 17.0. The minimum atomic E-state index is -3.54. The van der Waals surface area contributed by atoms with Crippen molar-refractivity contribution >= 4 is 20.0 Å². The highest BCUT2D eigenvalue weighted by molar-refractivity contribution is 7.90.